The molecule has 0 amide bonds. The molecule has 0 N–H and O–H groups in total. The molecule has 0 heterocycles. The van der Waals surface area contributed by atoms with Crippen molar-refractivity contribution in [1.29, 1.82) is 0 Å². The number of carbonyl (C=O) groups excluding carboxylic acids is 1. The SMILES string of the molecule is C=CC(=O)OCCN(CCCCCCCCCCCC)CCCCCCCCCCCC. The lowest BCUT2D eigenvalue weighted by molar-refractivity contribution is -0.138. The first-order valence-electron chi connectivity index (χ1n) is 14.3. The van der Waals surface area contributed by atoms with Crippen LogP contribution in [-0.2, 0) is 9.53 Å². The fourth-order valence-electron chi connectivity index (χ4n) is 4.32. The van der Waals surface area contributed by atoms with Crippen molar-refractivity contribution >= 4 is 5.97 Å². The highest BCUT2D eigenvalue weighted by Crippen LogP contribution is 2.13. The third-order valence-electron chi connectivity index (χ3n) is 6.47. The molecule has 0 spiro atoms. The largest absolute Gasteiger partial charge is 0.461 e. The van der Waals surface area contributed by atoms with Gasteiger partial charge < -0.3 is 4.74 Å². The predicted molar refractivity (Wildman–Crippen MR) is 141 cm³/mol. The summed E-state index contributed by atoms with van der Waals surface area (Å²) in [6.45, 7) is 11.7. The Balaban J connectivity index is 3.81. The van der Waals surface area contributed by atoms with Crippen molar-refractivity contribution in [1.82, 2.24) is 4.90 Å². The Kier molecular flexibility index (Phi) is 25.7. The maximum atomic E-state index is 11.3. The van der Waals surface area contributed by atoms with Gasteiger partial charge in [-0.05, 0) is 25.9 Å². The zero-order chi connectivity index (χ0) is 23.5. The van der Waals surface area contributed by atoms with E-state index in [4.69, 9.17) is 4.74 Å². The molecule has 0 atom stereocenters. The van der Waals surface area contributed by atoms with Gasteiger partial charge in [0.25, 0.3) is 0 Å². The zero-order valence-corrected chi connectivity index (χ0v) is 22.0. The van der Waals surface area contributed by atoms with Crippen LogP contribution in [0.25, 0.3) is 0 Å². The Labute approximate surface area is 201 Å². The van der Waals surface area contributed by atoms with E-state index in [9.17, 15) is 4.79 Å². The molecule has 0 saturated carbocycles. The molecule has 0 aliphatic heterocycles. The van der Waals surface area contributed by atoms with Crippen molar-refractivity contribution in [3.63, 3.8) is 0 Å². The van der Waals surface area contributed by atoms with Crippen molar-refractivity contribution in [3.8, 4) is 0 Å². The Hall–Kier alpha value is -0.830. The lowest BCUT2D eigenvalue weighted by atomic mass is 10.1. The molecule has 3 nitrogen and oxygen atoms in total. The molecule has 3 heteroatoms. The van der Waals surface area contributed by atoms with Gasteiger partial charge in [-0.1, -0.05) is 136 Å². The highest BCUT2D eigenvalue weighted by atomic mass is 16.5. The van der Waals surface area contributed by atoms with Crippen molar-refractivity contribution < 1.29 is 9.53 Å². The Bertz CT molecular complexity index is 373. The van der Waals surface area contributed by atoms with Gasteiger partial charge in [0.15, 0.2) is 0 Å². The maximum Gasteiger partial charge on any atom is 0.330 e. The Morgan fingerprint density at radius 1 is 0.594 bits per heavy atom. The minimum absolute atomic E-state index is 0.303. The fourth-order valence-corrected chi connectivity index (χ4v) is 4.32. The zero-order valence-electron chi connectivity index (χ0n) is 22.0. The summed E-state index contributed by atoms with van der Waals surface area (Å²) >= 11 is 0. The Morgan fingerprint density at radius 3 is 1.28 bits per heavy atom. The van der Waals surface area contributed by atoms with E-state index < -0.39 is 0 Å². The predicted octanol–water partition coefficient (Wildman–Crippen LogP) is 8.86. The van der Waals surface area contributed by atoms with Gasteiger partial charge in [-0.2, -0.15) is 0 Å². The highest BCUT2D eigenvalue weighted by Gasteiger charge is 2.06. The van der Waals surface area contributed by atoms with Gasteiger partial charge in [-0.15, -0.1) is 0 Å². The number of ether oxygens (including phenoxy) is 1. The van der Waals surface area contributed by atoms with Crippen LogP contribution < -0.4 is 0 Å². The molecular formula is C29H57NO2. The van der Waals surface area contributed by atoms with Gasteiger partial charge in [-0.3, -0.25) is 4.90 Å². The first kappa shape index (κ1) is 31.2. The number of esters is 1. The molecular weight excluding hydrogens is 394 g/mol. The molecule has 0 saturated heterocycles. The summed E-state index contributed by atoms with van der Waals surface area (Å²) in [7, 11) is 0. The van der Waals surface area contributed by atoms with Gasteiger partial charge >= 0.3 is 5.97 Å². The van der Waals surface area contributed by atoms with Gasteiger partial charge in [-0.25, -0.2) is 4.79 Å². The molecule has 0 fully saturated rings. The summed E-state index contributed by atoms with van der Waals surface area (Å²) in [5.41, 5.74) is 0. The topological polar surface area (TPSA) is 29.5 Å². The van der Waals surface area contributed by atoms with E-state index in [1.807, 2.05) is 0 Å². The molecule has 0 aromatic carbocycles. The lowest BCUT2D eigenvalue weighted by Crippen LogP contribution is -2.30. The number of carbonyl (C=O) groups is 1. The monoisotopic (exact) mass is 451 g/mol. The first-order chi connectivity index (χ1) is 15.7. The van der Waals surface area contributed by atoms with E-state index >= 15 is 0 Å². The molecule has 0 rings (SSSR count). The summed E-state index contributed by atoms with van der Waals surface area (Å²) in [6.07, 6.45) is 28.8. The normalized spacial score (nSPS) is 11.2. The molecule has 0 bridgehead atoms. The molecule has 0 aromatic rings. The van der Waals surface area contributed by atoms with Crippen molar-refractivity contribution in [2.75, 3.05) is 26.2 Å². The third-order valence-corrected chi connectivity index (χ3v) is 6.47. The van der Waals surface area contributed by atoms with E-state index in [1.165, 1.54) is 134 Å². The number of hydrogen-bond donors (Lipinski definition) is 0. The van der Waals surface area contributed by atoms with E-state index in [0.29, 0.717) is 6.61 Å². The molecule has 190 valence electrons. The number of unbranched alkanes of at least 4 members (excludes halogenated alkanes) is 18. The summed E-state index contributed by atoms with van der Waals surface area (Å²) in [4.78, 5) is 13.8. The van der Waals surface area contributed by atoms with E-state index in [2.05, 4.69) is 25.3 Å². The minimum Gasteiger partial charge on any atom is -0.461 e. The van der Waals surface area contributed by atoms with Gasteiger partial charge in [0, 0.05) is 12.6 Å². The molecule has 32 heavy (non-hydrogen) atoms. The smallest absolute Gasteiger partial charge is 0.330 e. The number of rotatable bonds is 26. The van der Waals surface area contributed by atoms with Crippen molar-refractivity contribution in [2.24, 2.45) is 0 Å². The third kappa shape index (κ3) is 23.8. The van der Waals surface area contributed by atoms with Crippen LogP contribution in [0.5, 0.6) is 0 Å². The van der Waals surface area contributed by atoms with Crippen LogP contribution >= 0.6 is 0 Å². The van der Waals surface area contributed by atoms with E-state index in [0.717, 1.165) is 19.6 Å². The number of hydrogen-bond acceptors (Lipinski definition) is 3. The second-order valence-electron chi connectivity index (χ2n) is 9.58. The molecule has 0 aliphatic carbocycles. The maximum absolute atomic E-state index is 11.3. The van der Waals surface area contributed by atoms with Crippen LogP contribution in [0, 0.1) is 0 Å². The summed E-state index contributed by atoms with van der Waals surface area (Å²) in [5, 5.41) is 0. The van der Waals surface area contributed by atoms with Crippen LogP contribution in [0.1, 0.15) is 142 Å². The quantitative estimate of drug-likeness (QED) is 0.0747. The second-order valence-corrected chi connectivity index (χ2v) is 9.58. The summed E-state index contributed by atoms with van der Waals surface area (Å²) in [6, 6.07) is 0. The van der Waals surface area contributed by atoms with Crippen molar-refractivity contribution in [2.45, 2.75) is 142 Å². The summed E-state index contributed by atoms with van der Waals surface area (Å²) in [5.74, 6) is -0.303. The second kappa shape index (κ2) is 26.4. The molecule has 0 radical (unpaired) electrons. The van der Waals surface area contributed by atoms with Crippen LogP contribution in [0.2, 0.25) is 0 Å². The van der Waals surface area contributed by atoms with Gasteiger partial charge in [0.2, 0.25) is 0 Å². The van der Waals surface area contributed by atoms with E-state index in [1.54, 1.807) is 0 Å². The standard InChI is InChI=1S/C29H57NO2/c1-4-7-9-11-13-15-17-19-21-23-25-30(27-28-32-29(31)6-3)26-24-22-20-18-16-14-12-10-8-5-2/h6H,3-5,7-28H2,1-2H3. The fraction of sp³-hybridized carbons (Fsp3) is 0.897. The van der Waals surface area contributed by atoms with Crippen LogP contribution in [0.3, 0.4) is 0 Å². The van der Waals surface area contributed by atoms with Crippen LogP contribution in [0.4, 0.5) is 0 Å². The van der Waals surface area contributed by atoms with Crippen molar-refractivity contribution in [3.05, 3.63) is 12.7 Å². The highest BCUT2D eigenvalue weighted by molar-refractivity contribution is 5.81. The average Bonchev–Trinajstić information content (AvgIpc) is 2.80. The molecule has 0 aromatic heterocycles. The summed E-state index contributed by atoms with van der Waals surface area (Å²) < 4.78 is 5.22. The van der Waals surface area contributed by atoms with E-state index in [-0.39, 0.29) is 5.97 Å². The van der Waals surface area contributed by atoms with Gasteiger partial charge in [0.1, 0.15) is 6.61 Å². The Morgan fingerprint density at radius 2 is 0.938 bits per heavy atom. The van der Waals surface area contributed by atoms with Gasteiger partial charge in [0.05, 0.1) is 0 Å². The molecule has 0 unspecified atom stereocenters. The number of nitrogens with zero attached hydrogens (tertiary/aromatic N) is 1. The molecule has 0 aliphatic rings. The average molecular weight is 452 g/mol. The van der Waals surface area contributed by atoms with Crippen LogP contribution in [0.15, 0.2) is 12.7 Å². The van der Waals surface area contributed by atoms with Crippen LogP contribution in [-0.4, -0.2) is 37.1 Å². The minimum atomic E-state index is -0.303. The first-order valence-corrected chi connectivity index (χ1v) is 14.3. The lowest BCUT2D eigenvalue weighted by Gasteiger charge is -2.22.